The van der Waals surface area contributed by atoms with Gasteiger partial charge < -0.3 is 4.90 Å². The number of hydrogen-bond acceptors (Lipinski definition) is 2. The Labute approximate surface area is 84.8 Å². The highest BCUT2D eigenvalue weighted by Gasteiger charge is 2.15. The number of pyridine rings is 1. The van der Waals surface area contributed by atoms with Crippen molar-refractivity contribution in [1.82, 2.24) is 9.88 Å². The monoisotopic (exact) mass is 192 g/mol. The Balaban J connectivity index is 2.76. The maximum Gasteiger partial charge on any atom is 0.253 e. The highest BCUT2D eigenvalue weighted by molar-refractivity contribution is 5.94. The molecule has 1 atom stereocenters. The van der Waals surface area contributed by atoms with Crippen molar-refractivity contribution in [2.45, 2.75) is 26.3 Å². The van der Waals surface area contributed by atoms with Crippen molar-refractivity contribution >= 4 is 5.91 Å². The third kappa shape index (κ3) is 2.31. The van der Waals surface area contributed by atoms with Gasteiger partial charge in [0.05, 0.1) is 0 Å². The number of rotatable bonds is 3. The second kappa shape index (κ2) is 4.74. The van der Waals surface area contributed by atoms with E-state index in [0.29, 0.717) is 5.56 Å². The molecule has 76 valence electrons. The summed E-state index contributed by atoms with van der Waals surface area (Å²) in [6, 6.07) is 3.75. The van der Waals surface area contributed by atoms with Gasteiger partial charge in [-0.3, -0.25) is 9.78 Å². The molecule has 1 heterocycles. The highest BCUT2D eigenvalue weighted by atomic mass is 16.2. The highest BCUT2D eigenvalue weighted by Crippen LogP contribution is 2.07. The summed E-state index contributed by atoms with van der Waals surface area (Å²) in [7, 11) is 1.83. The van der Waals surface area contributed by atoms with E-state index in [4.69, 9.17) is 0 Å². The van der Waals surface area contributed by atoms with E-state index >= 15 is 0 Å². The van der Waals surface area contributed by atoms with Crippen LogP contribution < -0.4 is 0 Å². The molecule has 0 unspecified atom stereocenters. The average Bonchev–Trinajstić information content (AvgIpc) is 2.27. The maximum atomic E-state index is 11.8. The lowest BCUT2D eigenvalue weighted by Crippen LogP contribution is -2.34. The van der Waals surface area contributed by atoms with Crippen LogP contribution in [-0.4, -0.2) is 28.9 Å². The van der Waals surface area contributed by atoms with Gasteiger partial charge in [-0.05, 0) is 25.5 Å². The lowest BCUT2D eigenvalue weighted by atomic mass is 10.2. The van der Waals surface area contributed by atoms with E-state index in [2.05, 4.69) is 11.9 Å². The Bertz CT molecular complexity index is 297. The van der Waals surface area contributed by atoms with Gasteiger partial charge in [0.1, 0.15) is 0 Å². The molecule has 0 aliphatic heterocycles. The van der Waals surface area contributed by atoms with Crippen LogP contribution in [0.3, 0.4) is 0 Å². The third-order valence-corrected chi connectivity index (χ3v) is 2.50. The van der Waals surface area contributed by atoms with Gasteiger partial charge in [0, 0.05) is 31.0 Å². The van der Waals surface area contributed by atoms with Gasteiger partial charge >= 0.3 is 0 Å². The molecule has 0 aromatic carbocycles. The molecule has 1 rings (SSSR count). The lowest BCUT2D eigenvalue weighted by Gasteiger charge is -2.23. The molecule has 0 fully saturated rings. The van der Waals surface area contributed by atoms with Gasteiger partial charge in [-0.2, -0.15) is 0 Å². The van der Waals surface area contributed by atoms with Crippen molar-refractivity contribution in [3.05, 3.63) is 30.1 Å². The van der Waals surface area contributed by atoms with Gasteiger partial charge in [0.15, 0.2) is 0 Å². The largest absolute Gasteiger partial charge is 0.339 e. The molecule has 3 heteroatoms. The van der Waals surface area contributed by atoms with Gasteiger partial charge in [0.2, 0.25) is 0 Å². The summed E-state index contributed by atoms with van der Waals surface area (Å²) in [5, 5.41) is 0. The molecule has 0 saturated heterocycles. The maximum absolute atomic E-state index is 11.8. The molecule has 0 aliphatic carbocycles. The first-order valence-electron chi connectivity index (χ1n) is 4.84. The van der Waals surface area contributed by atoms with Crippen LogP contribution in [0.1, 0.15) is 30.6 Å². The molecular weight excluding hydrogens is 176 g/mol. The SMILES string of the molecule is CC[C@H](C)N(C)C(=O)c1ccncc1. The van der Waals surface area contributed by atoms with Crippen LogP contribution in [0.5, 0.6) is 0 Å². The summed E-state index contributed by atoms with van der Waals surface area (Å²) in [5.41, 5.74) is 0.697. The van der Waals surface area contributed by atoms with Crippen molar-refractivity contribution in [2.24, 2.45) is 0 Å². The molecule has 1 amide bonds. The normalized spacial score (nSPS) is 12.2. The summed E-state index contributed by atoms with van der Waals surface area (Å²) >= 11 is 0. The van der Waals surface area contributed by atoms with E-state index in [1.807, 2.05) is 14.0 Å². The summed E-state index contributed by atoms with van der Waals surface area (Å²) in [4.78, 5) is 17.5. The minimum absolute atomic E-state index is 0.0572. The molecule has 0 spiro atoms. The summed E-state index contributed by atoms with van der Waals surface area (Å²) in [6.45, 7) is 4.11. The van der Waals surface area contributed by atoms with Crippen LogP contribution in [0.15, 0.2) is 24.5 Å². The number of aromatic nitrogens is 1. The Kier molecular flexibility index (Phi) is 3.63. The Morgan fingerprint density at radius 1 is 1.50 bits per heavy atom. The van der Waals surface area contributed by atoms with E-state index in [0.717, 1.165) is 6.42 Å². The Morgan fingerprint density at radius 2 is 2.07 bits per heavy atom. The Hall–Kier alpha value is -1.38. The van der Waals surface area contributed by atoms with Crippen LogP contribution in [0, 0.1) is 0 Å². The zero-order chi connectivity index (χ0) is 10.6. The second-order valence-electron chi connectivity index (χ2n) is 3.41. The zero-order valence-corrected chi connectivity index (χ0v) is 8.90. The molecule has 14 heavy (non-hydrogen) atoms. The summed E-state index contributed by atoms with van der Waals surface area (Å²) in [5.74, 6) is 0.0572. The van der Waals surface area contributed by atoms with Gasteiger partial charge in [-0.15, -0.1) is 0 Å². The average molecular weight is 192 g/mol. The first-order chi connectivity index (χ1) is 6.66. The fourth-order valence-corrected chi connectivity index (χ4v) is 1.17. The summed E-state index contributed by atoms with van der Waals surface area (Å²) < 4.78 is 0. The number of nitrogens with zero attached hydrogens (tertiary/aromatic N) is 2. The number of amides is 1. The van der Waals surface area contributed by atoms with Crippen LogP contribution in [0.4, 0.5) is 0 Å². The quantitative estimate of drug-likeness (QED) is 0.733. The molecule has 0 bridgehead atoms. The van der Waals surface area contributed by atoms with Crippen molar-refractivity contribution in [3.63, 3.8) is 0 Å². The smallest absolute Gasteiger partial charge is 0.253 e. The fourth-order valence-electron chi connectivity index (χ4n) is 1.17. The number of carbonyl (C=O) groups excluding carboxylic acids is 1. The van der Waals surface area contributed by atoms with E-state index in [1.165, 1.54) is 0 Å². The van der Waals surface area contributed by atoms with Gasteiger partial charge in [0.25, 0.3) is 5.91 Å². The number of hydrogen-bond donors (Lipinski definition) is 0. The van der Waals surface area contributed by atoms with Crippen molar-refractivity contribution in [2.75, 3.05) is 7.05 Å². The summed E-state index contributed by atoms with van der Waals surface area (Å²) in [6.07, 6.45) is 4.24. The van der Waals surface area contributed by atoms with E-state index in [-0.39, 0.29) is 11.9 Å². The molecule has 1 aromatic rings. The first-order valence-corrected chi connectivity index (χ1v) is 4.84. The minimum Gasteiger partial charge on any atom is -0.339 e. The predicted molar refractivity (Wildman–Crippen MR) is 56.1 cm³/mol. The molecule has 0 saturated carbocycles. The predicted octanol–water partition coefficient (Wildman–Crippen LogP) is 1.95. The van der Waals surface area contributed by atoms with E-state index in [1.54, 1.807) is 29.4 Å². The van der Waals surface area contributed by atoms with Gasteiger partial charge in [-0.1, -0.05) is 6.92 Å². The molecule has 3 nitrogen and oxygen atoms in total. The van der Waals surface area contributed by atoms with Crippen LogP contribution in [0.25, 0.3) is 0 Å². The molecule has 1 aromatic heterocycles. The number of carbonyl (C=O) groups is 1. The van der Waals surface area contributed by atoms with Crippen molar-refractivity contribution < 1.29 is 4.79 Å². The standard InChI is InChI=1S/C11H16N2O/c1-4-9(2)13(3)11(14)10-5-7-12-8-6-10/h5-9H,4H2,1-3H3/t9-/m0/s1. The molecule has 0 N–H and O–H groups in total. The van der Waals surface area contributed by atoms with Gasteiger partial charge in [-0.25, -0.2) is 0 Å². The molecule has 0 aliphatic rings. The van der Waals surface area contributed by atoms with Crippen molar-refractivity contribution in [1.29, 1.82) is 0 Å². The Morgan fingerprint density at radius 3 is 2.57 bits per heavy atom. The molecule has 0 radical (unpaired) electrons. The van der Waals surface area contributed by atoms with Crippen molar-refractivity contribution in [3.8, 4) is 0 Å². The topological polar surface area (TPSA) is 33.2 Å². The lowest BCUT2D eigenvalue weighted by molar-refractivity contribution is 0.0740. The first kappa shape index (κ1) is 10.7. The van der Waals surface area contributed by atoms with E-state index in [9.17, 15) is 4.79 Å². The van der Waals surface area contributed by atoms with E-state index < -0.39 is 0 Å². The van der Waals surface area contributed by atoms with Crippen LogP contribution >= 0.6 is 0 Å². The third-order valence-electron chi connectivity index (χ3n) is 2.50. The zero-order valence-electron chi connectivity index (χ0n) is 8.90. The van der Waals surface area contributed by atoms with Crippen LogP contribution in [0.2, 0.25) is 0 Å². The second-order valence-corrected chi connectivity index (χ2v) is 3.41. The molecular formula is C11H16N2O. The van der Waals surface area contributed by atoms with Crippen LogP contribution in [-0.2, 0) is 0 Å². The minimum atomic E-state index is 0.0572. The fraction of sp³-hybridized carbons (Fsp3) is 0.455.